The number of nitrogens with one attached hydrogen (secondary N) is 1. The summed E-state index contributed by atoms with van der Waals surface area (Å²) < 4.78 is 5.13. The van der Waals surface area contributed by atoms with Crippen LogP contribution in [0.25, 0.3) is 0 Å². The van der Waals surface area contributed by atoms with Crippen LogP contribution in [0.3, 0.4) is 0 Å². The summed E-state index contributed by atoms with van der Waals surface area (Å²) in [5, 5.41) is 12.6. The van der Waals surface area contributed by atoms with Crippen LogP contribution in [0.1, 0.15) is 31.2 Å². The summed E-state index contributed by atoms with van der Waals surface area (Å²) in [7, 11) is 1.67. The van der Waals surface area contributed by atoms with E-state index in [2.05, 4.69) is 17.4 Å². The van der Waals surface area contributed by atoms with Crippen molar-refractivity contribution in [3.63, 3.8) is 0 Å². The fraction of sp³-hybridized carbons (Fsp3) is 0.562. The Morgan fingerprint density at radius 2 is 2.10 bits per heavy atom. The zero-order chi connectivity index (χ0) is 14.4. The highest BCUT2D eigenvalue weighted by atomic mass is 16.5. The Labute approximate surface area is 120 Å². The maximum atomic E-state index is 11.0. The van der Waals surface area contributed by atoms with Crippen molar-refractivity contribution in [2.75, 3.05) is 13.7 Å². The number of methoxy groups -OCH3 is 1. The van der Waals surface area contributed by atoms with Crippen LogP contribution in [0.5, 0.6) is 5.75 Å². The molecule has 2 rings (SSSR count). The summed E-state index contributed by atoms with van der Waals surface area (Å²) >= 11 is 0. The predicted octanol–water partition coefficient (Wildman–Crippen LogP) is 2.47. The summed E-state index contributed by atoms with van der Waals surface area (Å²) in [6, 6.07) is 8.43. The van der Waals surface area contributed by atoms with Crippen LogP contribution in [0, 0.1) is 5.92 Å². The van der Waals surface area contributed by atoms with Crippen molar-refractivity contribution in [2.45, 2.75) is 38.1 Å². The Bertz CT molecular complexity index is 430. The van der Waals surface area contributed by atoms with Gasteiger partial charge in [-0.15, -0.1) is 0 Å². The number of carbonyl (C=O) groups is 1. The van der Waals surface area contributed by atoms with Crippen molar-refractivity contribution in [3.8, 4) is 5.75 Å². The monoisotopic (exact) mass is 277 g/mol. The lowest BCUT2D eigenvalue weighted by Gasteiger charge is -2.27. The molecule has 20 heavy (non-hydrogen) atoms. The molecule has 1 aliphatic carbocycles. The first kappa shape index (κ1) is 14.9. The van der Waals surface area contributed by atoms with Crippen LogP contribution in [0.2, 0.25) is 0 Å². The van der Waals surface area contributed by atoms with Crippen LogP contribution in [0.4, 0.5) is 0 Å². The lowest BCUT2D eigenvalue weighted by molar-refractivity contribution is -0.143. The van der Waals surface area contributed by atoms with Gasteiger partial charge in [0.15, 0.2) is 0 Å². The second-order valence-corrected chi connectivity index (χ2v) is 5.45. The van der Waals surface area contributed by atoms with E-state index in [9.17, 15) is 4.79 Å². The SMILES string of the molecule is COc1ccc(CCNC2CCCC(C(=O)O)C2)cc1. The van der Waals surface area contributed by atoms with E-state index in [0.717, 1.165) is 44.4 Å². The van der Waals surface area contributed by atoms with Crippen LogP contribution < -0.4 is 10.1 Å². The number of ether oxygens (including phenoxy) is 1. The summed E-state index contributed by atoms with van der Waals surface area (Å²) in [6.07, 6.45) is 4.64. The molecule has 1 saturated carbocycles. The van der Waals surface area contributed by atoms with E-state index in [-0.39, 0.29) is 5.92 Å². The van der Waals surface area contributed by atoms with E-state index in [0.29, 0.717) is 6.04 Å². The smallest absolute Gasteiger partial charge is 0.306 e. The standard InChI is InChI=1S/C16H23NO3/c1-20-15-7-5-12(6-8-15)9-10-17-14-4-2-3-13(11-14)16(18)19/h5-8,13-14,17H,2-4,9-11H2,1H3,(H,18,19). The van der Waals surface area contributed by atoms with Gasteiger partial charge in [-0.25, -0.2) is 0 Å². The summed E-state index contributed by atoms with van der Waals surface area (Å²) in [4.78, 5) is 11.0. The van der Waals surface area contributed by atoms with Crippen LogP contribution in [-0.4, -0.2) is 30.8 Å². The fourth-order valence-electron chi connectivity index (χ4n) is 2.81. The molecule has 4 nitrogen and oxygen atoms in total. The first-order valence-electron chi connectivity index (χ1n) is 7.28. The second kappa shape index (κ2) is 7.29. The molecule has 4 heteroatoms. The quantitative estimate of drug-likeness (QED) is 0.838. The minimum atomic E-state index is -0.647. The molecule has 1 aromatic rings. The van der Waals surface area contributed by atoms with Crippen LogP contribution in [0.15, 0.2) is 24.3 Å². The van der Waals surface area contributed by atoms with Gasteiger partial charge in [0.1, 0.15) is 5.75 Å². The van der Waals surface area contributed by atoms with Crippen molar-refractivity contribution >= 4 is 5.97 Å². The van der Waals surface area contributed by atoms with Gasteiger partial charge in [0, 0.05) is 6.04 Å². The zero-order valence-corrected chi connectivity index (χ0v) is 12.0. The zero-order valence-electron chi connectivity index (χ0n) is 12.0. The van der Waals surface area contributed by atoms with Gasteiger partial charge in [-0.05, 0) is 49.9 Å². The number of rotatable bonds is 6. The molecule has 2 N–H and O–H groups in total. The average molecular weight is 277 g/mol. The molecule has 1 aliphatic rings. The predicted molar refractivity (Wildman–Crippen MR) is 78.1 cm³/mol. The summed E-state index contributed by atoms with van der Waals surface area (Å²) in [5.74, 6) is 0.0622. The Kier molecular flexibility index (Phi) is 5.41. The van der Waals surface area contributed by atoms with E-state index >= 15 is 0 Å². The molecular formula is C16H23NO3. The molecule has 0 aromatic heterocycles. The van der Waals surface area contributed by atoms with Gasteiger partial charge in [-0.3, -0.25) is 4.79 Å². The number of carboxylic acids is 1. The highest BCUT2D eigenvalue weighted by Crippen LogP contribution is 2.24. The average Bonchev–Trinajstić information content (AvgIpc) is 2.48. The Morgan fingerprint density at radius 3 is 2.75 bits per heavy atom. The number of hydrogen-bond acceptors (Lipinski definition) is 3. The third kappa shape index (κ3) is 4.23. The second-order valence-electron chi connectivity index (χ2n) is 5.45. The molecule has 0 radical (unpaired) electrons. The maximum absolute atomic E-state index is 11.0. The Balaban J connectivity index is 1.73. The molecule has 110 valence electrons. The van der Waals surface area contributed by atoms with E-state index < -0.39 is 5.97 Å². The number of benzene rings is 1. The largest absolute Gasteiger partial charge is 0.497 e. The van der Waals surface area contributed by atoms with Gasteiger partial charge >= 0.3 is 5.97 Å². The highest BCUT2D eigenvalue weighted by molar-refractivity contribution is 5.70. The lowest BCUT2D eigenvalue weighted by Crippen LogP contribution is -2.37. The first-order chi connectivity index (χ1) is 9.69. The third-order valence-electron chi connectivity index (χ3n) is 4.03. The lowest BCUT2D eigenvalue weighted by atomic mass is 9.86. The molecular weight excluding hydrogens is 254 g/mol. The third-order valence-corrected chi connectivity index (χ3v) is 4.03. The molecule has 0 amide bonds. The van der Waals surface area contributed by atoms with Crippen molar-refractivity contribution in [3.05, 3.63) is 29.8 Å². The number of aliphatic carboxylic acids is 1. The van der Waals surface area contributed by atoms with Crippen LogP contribution >= 0.6 is 0 Å². The van der Waals surface area contributed by atoms with Gasteiger partial charge in [-0.1, -0.05) is 18.6 Å². The van der Waals surface area contributed by atoms with Gasteiger partial charge in [-0.2, -0.15) is 0 Å². The Hall–Kier alpha value is -1.55. The molecule has 1 aromatic carbocycles. The molecule has 2 atom stereocenters. The highest BCUT2D eigenvalue weighted by Gasteiger charge is 2.26. The fourth-order valence-corrected chi connectivity index (χ4v) is 2.81. The van der Waals surface area contributed by atoms with Gasteiger partial charge in [0.05, 0.1) is 13.0 Å². The summed E-state index contributed by atoms with van der Waals surface area (Å²) in [6.45, 7) is 0.892. The van der Waals surface area contributed by atoms with E-state index in [1.54, 1.807) is 7.11 Å². The Morgan fingerprint density at radius 1 is 1.35 bits per heavy atom. The van der Waals surface area contributed by atoms with E-state index in [1.165, 1.54) is 5.56 Å². The molecule has 0 aliphatic heterocycles. The van der Waals surface area contributed by atoms with Crippen molar-refractivity contribution < 1.29 is 14.6 Å². The minimum Gasteiger partial charge on any atom is -0.497 e. The number of carboxylic acid groups (broad SMARTS) is 1. The van der Waals surface area contributed by atoms with Gasteiger partial charge in [0.2, 0.25) is 0 Å². The molecule has 0 bridgehead atoms. The van der Waals surface area contributed by atoms with Gasteiger partial charge in [0.25, 0.3) is 0 Å². The molecule has 0 saturated heterocycles. The van der Waals surface area contributed by atoms with Crippen LogP contribution in [-0.2, 0) is 11.2 Å². The van der Waals surface area contributed by atoms with Crippen molar-refractivity contribution in [1.29, 1.82) is 0 Å². The molecule has 1 fully saturated rings. The van der Waals surface area contributed by atoms with Crippen molar-refractivity contribution in [1.82, 2.24) is 5.32 Å². The first-order valence-corrected chi connectivity index (χ1v) is 7.28. The van der Waals surface area contributed by atoms with Crippen molar-refractivity contribution in [2.24, 2.45) is 5.92 Å². The van der Waals surface area contributed by atoms with E-state index in [4.69, 9.17) is 9.84 Å². The minimum absolute atomic E-state index is 0.165. The van der Waals surface area contributed by atoms with Gasteiger partial charge < -0.3 is 15.2 Å². The maximum Gasteiger partial charge on any atom is 0.306 e. The number of hydrogen-bond donors (Lipinski definition) is 2. The topological polar surface area (TPSA) is 58.6 Å². The molecule has 2 unspecified atom stereocenters. The van der Waals surface area contributed by atoms with E-state index in [1.807, 2.05) is 12.1 Å². The molecule has 0 heterocycles. The molecule has 0 spiro atoms. The normalized spacial score (nSPS) is 22.4. The summed E-state index contributed by atoms with van der Waals surface area (Å²) in [5.41, 5.74) is 1.27.